The Kier molecular flexibility index (Phi) is 31.8. The van der Waals surface area contributed by atoms with Crippen molar-refractivity contribution in [3.8, 4) is 0 Å². The predicted octanol–water partition coefficient (Wildman–Crippen LogP) is 12.3. The van der Waals surface area contributed by atoms with Gasteiger partial charge in [-0.1, -0.05) is 164 Å². The van der Waals surface area contributed by atoms with Crippen molar-refractivity contribution in [2.24, 2.45) is 0 Å². The highest BCUT2D eigenvalue weighted by Crippen LogP contribution is 2.40. The summed E-state index contributed by atoms with van der Waals surface area (Å²) in [5.41, 5.74) is -2.17. The first kappa shape index (κ1) is 62.5. The van der Waals surface area contributed by atoms with Crippen LogP contribution < -0.4 is 10.6 Å². The molecule has 16 heteroatoms. The van der Waals surface area contributed by atoms with Crippen LogP contribution in [0.3, 0.4) is 0 Å². The smallest absolute Gasteiger partial charge is 0.326 e. The topological polar surface area (TPSA) is 198 Å². The molecule has 2 fully saturated rings. The van der Waals surface area contributed by atoms with Gasteiger partial charge in [0.05, 0.1) is 24.3 Å². The van der Waals surface area contributed by atoms with Gasteiger partial charge < -0.3 is 30.3 Å². The number of hydrogen-bond donors (Lipinski definition) is 4. The van der Waals surface area contributed by atoms with E-state index in [9.17, 15) is 39.8 Å². The Bertz CT molecular complexity index is 1310. The molecule has 2 heterocycles. The van der Waals surface area contributed by atoms with Crippen LogP contribution in [0.4, 0.5) is 0 Å². The van der Waals surface area contributed by atoms with Crippen LogP contribution in [0.2, 0.25) is 0 Å². The van der Waals surface area contributed by atoms with Crippen LogP contribution >= 0.6 is 21.6 Å². The minimum Gasteiger partial charge on any atom is -0.480 e. The Balaban J connectivity index is 1.39. The van der Waals surface area contributed by atoms with Crippen molar-refractivity contribution in [1.82, 2.24) is 20.8 Å². The van der Waals surface area contributed by atoms with Crippen molar-refractivity contribution in [1.29, 1.82) is 0 Å². The second kappa shape index (κ2) is 34.7. The van der Waals surface area contributed by atoms with Crippen molar-refractivity contribution in [2.75, 3.05) is 24.7 Å². The van der Waals surface area contributed by atoms with Gasteiger partial charge in [-0.05, 0) is 91.9 Å². The maximum absolute atomic E-state index is 12.7. The van der Waals surface area contributed by atoms with E-state index in [-0.39, 0.29) is 24.7 Å². The van der Waals surface area contributed by atoms with Crippen LogP contribution in [-0.4, -0.2) is 103 Å². The molecule has 4 N–H and O–H groups in total. The fourth-order valence-electron chi connectivity index (χ4n) is 9.56. The standard InChI is InChI=1S/C52H96N4O10S2/c1-7-51(55(63)49(3,4)41-65-51)37-31-27-23-19-15-11-9-13-17-21-25-29-33-45(57)53-43(47(59)60)35-39-67-68-40-36-44(48(61)62)54-46(58)34-30-26-22-18-14-10-12-16-20-24-28-32-38-52(8-2)56(64)50(5,6)42-66-52/h43-44H,7-42H2,1-6H3,(H,53,57)(H,54,58)(H,59,60)(H,61,62). The number of nitrogens with one attached hydrogen (secondary N) is 2. The largest absolute Gasteiger partial charge is 0.480 e. The SMILES string of the molecule is CCC1(CCCCCCCCCCCCCCC(=O)NC(CCSSCCC(NC(=O)CCCCCCCCCCCCCCC2(CC)OCC(C)(C)N2[O])C(=O)O)C(=O)O)OCC(C)(C)N1[O]. The molecule has 68 heavy (non-hydrogen) atoms. The first-order chi connectivity index (χ1) is 32.4. The number of carboxylic acids is 2. The van der Waals surface area contributed by atoms with Gasteiger partial charge in [0.1, 0.15) is 23.5 Å². The van der Waals surface area contributed by atoms with Gasteiger partial charge in [0.2, 0.25) is 11.8 Å². The molecule has 0 aliphatic carbocycles. The van der Waals surface area contributed by atoms with Crippen LogP contribution in [0, 0.1) is 0 Å². The normalized spacial score (nSPS) is 21.2. The van der Waals surface area contributed by atoms with E-state index in [0.29, 0.717) is 37.6 Å². The van der Waals surface area contributed by atoms with E-state index in [4.69, 9.17) is 9.47 Å². The lowest BCUT2D eigenvalue weighted by atomic mass is 9.98. The first-order valence-electron chi connectivity index (χ1n) is 27.0. The third-order valence-corrected chi connectivity index (χ3v) is 16.6. The third-order valence-electron chi connectivity index (χ3n) is 14.1. The fraction of sp³-hybridized carbons (Fsp3) is 0.923. The van der Waals surface area contributed by atoms with Crippen molar-refractivity contribution in [2.45, 2.75) is 282 Å². The summed E-state index contributed by atoms with van der Waals surface area (Å²) >= 11 is 0. The third kappa shape index (κ3) is 24.2. The Labute approximate surface area is 420 Å². The van der Waals surface area contributed by atoms with Gasteiger partial charge >= 0.3 is 11.9 Å². The molecule has 0 spiro atoms. The molecule has 0 bridgehead atoms. The predicted molar refractivity (Wildman–Crippen MR) is 274 cm³/mol. The molecule has 2 rings (SSSR count). The van der Waals surface area contributed by atoms with Gasteiger partial charge in [-0.3, -0.25) is 9.59 Å². The van der Waals surface area contributed by atoms with Crippen molar-refractivity contribution in [3.63, 3.8) is 0 Å². The van der Waals surface area contributed by atoms with Crippen molar-refractivity contribution < 1.29 is 49.3 Å². The monoisotopic (exact) mass is 1000 g/mol. The summed E-state index contributed by atoms with van der Waals surface area (Å²) in [6.45, 7) is 12.9. The number of carbonyl (C=O) groups is 4. The minimum atomic E-state index is -1.06. The molecule has 2 saturated heterocycles. The van der Waals surface area contributed by atoms with Crippen LogP contribution in [0.25, 0.3) is 0 Å². The molecule has 4 atom stereocenters. The van der Waals surface area contributed by atoms with E-state index in [2.05, 4.69) is 10.6 Å². The maximum Gasteiger partial charge on any atom is 0.326 e. The lowest BCUT2D eigenvalue weighted by Gasteiger charge is -2.34. The molecule has 0 aromatic rings. The Morgan fingerprint density at radius 1 is 0.485 bits per heavy atom. The summed E-state index contributed by atoms with van der Waals surface area (Å²) < 4.78 is 12.0. The van der Waals surface area contributed by atoms with Crippen LogP contribution in [-0.2, 0) is 39.1 Å². The average Bonchev–Trinajstić information content (AvgIpc) is 3.68. The summed E-state index contributed by atoms with van der Waals surface area (Å²) in [5.74, 6) is -1.63. The zero-order chi connectivity index (χ0) is 50.3. The molecule has 2 amide bonds. The molecule has 2 aliphatic heterocycles. The fourth-order valence-corrected chi connectivity index (χ4v) is 11.7. The van der Waals surface area contributed by atoms with E-state index in [1.807, 2.05) is 41.5 Å². The number of hydroxylamine groups is 4. The summed E-state index contributed by atoms with van der Waals surface area (Å²) in [6.07, 6.45) is 30.8. The van der Waals surface area contributed by atoms with E-state index in [0.717, 1.165) is 103 Å². The zero-order valence-corrected chi connectivity index (χ0v) is 45.1. The van der Waals surface area contributed by atoms with Crippen LogP contribution in [0.1, 0.15) is 247 Å². The average molecular weight is 1000 g/mol. The van der Waals surface area contributed by atoms with Gasteiger partial charge in [0, 0.05) is 24.3 Å². The Morgan fingerprint density at radius 2 is 0.750 bits per heavy atom. The van der Waals surface area contributed by atoms with Gasteiger partial charge in [-0.25, -0.2) is 9.59 Å². The van der Waals surface area contributed by atoms with Crippen molar-refractivity contribution >= 4 is 45.3 Å². The lowest BCUT2D eigenvalue weighted by Crippen LogP contribution is -2.49. The number of hydrogen-bond acceptors (Lipinski definition) is 10. The molecule has 2 radical (unpaired) electrons. The molecule has 396 valence electrons. The van der Waals surface area contributed by atoms with Gasteiger partial charge in [0.15, 0.2) is 0 Å². The molecule has 14 nitrogen and oxygen atoms in total. The quantitative estimate of drug-likeness (QED) is 0.0334. The molecule has 0 aromatic carbocycles. The highest BCUT2D eigenvalue weighted by molar-refractivity contribution is 8.76. The number of unbranched alkanes of at least 4 members (excludes halogenated alkanes) is 22. The zero-order valence-electron chi connectivity index (χ0n) is 43.5. The lowest BCUT2D eigenvalue weighted by molar-refractivity contribution is -0.294. The number of rotatable bonds is 43. The molecule has 2 aliphatic rings. The van der Waals surface area contributed by atoms with E-state index in [1.54, 1.807) is 0 Å². The highest BCUT2D eigenvalue weighted by atomic mass is 33.1. The summed E-state index contributed by atoms with van der Waals surface area (Å²) in [5, 5.41) is 52.5. The number of nitrogens with zero attached hydrogens (tertiary/aromatic N) is 2. The van der Waals surface area contributed by atoms with Gasteiger partial charge in [0.25, 0.3) is 0 Å². The molecule has 0 saturated carbocycles. The number of carboxylic acid groups (broad SMARTS) is 2. The number of carbonyl (C=O) groups excluding carboxylic acids is 2. The molecular weight excluding hydrogens is 905 g/mol. The van der Waals surface area contributed by atoms with Gasteiger partial charge in [-0.15, -0.1) is 20.5 Å². The van der Waals surface area contributed by atoms with Crippen LogP contribution in [0.15, 0.2) is 0 Å². The second-order valence-corrected chi connectivity index (χ2v) is 23.7. The Hall–Kier alpha value is -1.66. The van der Waals surface area contributed by atoms with E-state index < -0.39 is 46.6 Å². The highest BCUT2D eigenvalue weighted by Gasteiger charge is 2.52. The Morgan fingerprint density at radius 3 is 0.985 bits per heavy atom. The maximum atomic E-state index is 12.7. The second-order valence-electron chi connectivity index (χ2n) is 21.0. The summed E-state index contributed by atoms with van der Waals surface area (Å²) in [7, 11) is 2.89. The van der Waals surface area contributed by atoms with Crippen molar-refractivity contribution in [3.05, 3.63) is 0 Å². The molecular formula is C52H96N4O10S2. The molecule has 4 unspecified atom stereocenters. The number of aliphatic carboxylic acids is 2. The number of ether oxygens (including phenoxy) is 2. The summed E-state index contributed by atoms with van der Waals surface area (Å²) in [6, 6.07) is -1.92. The number of amides is 2. The van der Waals surface area contributed by atoms with E-state index in [1.165, 1.54) is 109 Å². The first-order valence-corrected chi connectivity index (χ1v) is 29.5. The van der Waals surface area contributed by atoms with Crippen LogP contribution in [0.5, 0.6) is 0 Å². The van der Waals surface area contributed by atoms with E-state index >= 15 is 0 Å². The van der Waals surface area contributed by atoms with Gasteiger partial charge in [-0.2, -0.15) is 0 Å². The minimum absolute atomic E-state index is 0.241. The summed E-state index contributed by atoms with van der Waals surface area (Å²) in [4.78, 5) is 48.6. The molecule has 0 aromatic heterocycles.